The molecule has 2 saturated heterocycles. The molecule has 11 nitrogen and oxygen atoms in total. The van der Waals surface area contributed by atoms with Crippen LogP contribution in [-0.2, 0) is 28.6 Å². The molecule has 2 N–H and O–H groups in total. The van der Waals surface area contributed by atoms with Gasteiger partial charge in [0.1, 0.15) is 24.2 Å². The molecule has 0 unspecified atom stereocenters. The molecule has 1 spiro atoms. The van der Waals surface area contributed by atoms with Gasteiger partial charge in [0.05, 0.1) is 24.7 Å². The van der Waals surface area contributed by atoms with Gasteiger partial charge < -0.3 is 24.6 Å². The molecule has 5 fully saturated rings. The van der Waals surface area contributed by atoms with Gasteiger partial charge in [-0.15, -0.1) is 6.58 Å². The zero-order valence-electron chi connectivity index (χ0n) is 30.5. The van der Waals surface area contributed by atoms with Crippen molar-refractivity contribution in [2.75, 3.05) is 26.9 Å². The van der Waals surface area contributed by atoms with E-state index < -0.39 is 47.5 Å². The van der Waals surface area contributed by atoms with Crippen LogP contribution in [0.5, 0.6) is 0 Å². The topological polar surface area (TPSA) is 135 Å². The molecule has 51 heavy (non-hydrogen) atoms. The Morgan fingerprint density at radius 3 is 2.24 bits per heavy atom. The van der Waals surface area contributed by atoms with E-state index in [1.165, 1.54) is 24.9 Å². The zero-order valence-corrected chi connectivity index (χ0v) is 30.5. The van der Waals surface area contributed by atoms with Crippen LogP contribution in [0.1, 0.15) is 116 Å². The van der Waals surface area contributed by atoms with E-state index in [1.807, 2.05) is 0 Å². The van der Waals surface area contributed by atoms with Crippen molar-refractivity contribution in [3.8, 4) is 0 Å². The summed E-state index contributed by atoms with van der Waals surface area (Å²) in [4.78, 5) is 63.0. The molecule has 0 aromatic heterocycles. The second-order valence-electron chi connectivity index (χ2n) is 16.4. The lowest BCUT2D eigenvalue weighted by Gasteiger charge is -2.53. The Hall–Kier alpha value is -2.76. The van der Waals surface area contributed by atoms with E-state index in [-0.39, 0.29) is 55.6 Å². The quantitative estimate of drug-likeness (QED) is 0.183. The number of amides is 3. The molecule has 282 valence electrons. The summed E-state index contributed by atoms with van der Waals surface area (Å²) in [6.45, 7) is 4.21. The van der Waals surface area contributed by atoms with Gasteiger partial charge in [0.15, 0.2) is 0 Å². The van der Waals surface area contributed by atoms with Crippen molar-refractivity contribution in [1.82, 2.24) is 15.1 Å². The number of rotatable bonds is 9. The van der Waals surface area contributed by atoms with Crippen LogP contribution in [0.4, 0.5) is 4.79 Å². The van der Waals surface area contributed by atoms with Crippen LogP contribution in [0.25, 0.3) is 0 Å². The number of aliphatic hydroxyl groups is 1. The number of esters is 1. The second kappa shape index (κ2) is 15.7. The predicted molar refractivity (Wildman–Crippen MR) is 189 cm³/mol. The van der Waals surface area contributed by atoms with Gasteiger partial charge >= 0.3 is 12.1 Å². The number of hydrogen-bond donors (Lipinski definition) is 2. The molecule has 0 bridgehead atoms. The van der Waals surface area contributed by atoms with Crippen molar-refractivity contribution < 1.29 is 38.5 Å². The number of nitrogens with one attached hydrogen (secondary N) is 1. The molecule has 11 heteroatoms. The first-order valence-electron chi connectivity index (χ1n) is 20.1. The molecular formula is C40H59N3O8. The maximum absolute atomic E-state index is 15.7. The van der Waals surface area contributed by atoms with E-state index in [9.17, 15) is 19.5 Å². The number of hydrogen-bond acceptors (Lipinski definition) is 9. The number of allylic oxidation sites excluding steroid dienone is 1. The summed E-state index contributed by atoms with van der Waals surface area (Å²) in [7, 11) is 1.53. The highest BCUT2D eigenvalue weighted by molar-refractivity contribution is 6.07. The maximum Gasteiger partial charge on any atom is 0.421 e. The summed E-state index contributed by atoms with van der Waals surface area (Å²) in [5.74, 6) is -1.90. The SMILES string of the molecule is C=CCNC(=O)[C@H]1[C@@H]2C(=O)O[C@@H](C3CCCCC3)[C@@H](C3CCCCC3)N2[C@@H](C2CCC(O)CC2)[C@]12C(=O)N(C(=O)OCCOC)C1=C2CCCC1. The van der Waals surface area contributed by atoms with Crippen LogP contribution >= 0.6 is 0 Å². The number of fused-ring (bicyclic) bond motifs is 2. The number of nitrogens with zero attached hydrogens (tertiary/aromatic N) is 2. The molecular weight excluding hydrogens is 650 g/mol. The average Bonchev–Trinajstić information content (AvgIpc) is 3.61. The van der Waals surface area contributed by atoms with E-state index in [0.717, 1.165) is 69.8 Å². The van der Waals surface area contributed by atoms with Crippen molar-refractivity contribution in [2.45, 2.75) is 146 Å². The molecule has 0 aromatic rings. The van der Waals surface area contributed by atoms with Gasteiger partial charge in [-0.05, 0) is 100 Å². The number of ether oxygens (including phenoxy) is 3. The largest absolute Gasteiger partial charge is 0.459 e. The van der Waals surface area contributed by atoms with E-state index in [2.05, 4.69) is 16.8 Å². The predicted octanol–water partition coefficient (Wildman–Crippen LogP) is 5.40. The van der Waals surface area contributed by atoms with Gasteiger partial charge in [-0.1, -0.05) is 44.6 Å². The smallest absolute Gasteiger partial charge is 0.421 e. The monoisotopic (exact) mass is 709 g/mol. The van der Waals surface area contributed by atoms with Crippen molar-refractivity contribution in [2.24, 2.45) is 29.1 Å². The van der Waals surface area contributed by atoms with Crippen LogP contribution in [0, 0.1) is 29.1 Å². The fraction of sp³-hybridized carbons (Fsp3) is 0.800. The molecule has 0 aromatic carbocycles. The minimum atomic E-state index is -1.45. The summed E-state index contributed by atoms with van der Waals surface area (Å²) >= 11 is 0. The average molecular weight is 710 g/mol. The van der Waals surface area contributed by atoms with Crippen LogP contribution in [0.15, 0.2) is 23.9 Å². The maximum atomic E-state index is 15.7. The number of carbonyl (C=O) groups is 4. The molecule has 7 aliphatic rings. The van der Waals surface area contributed by atoms with Crippen molar-refractivity contribution in [1.29, 1.82) is 0 Å². The normalized spacial score (nSPS) is 36.5. The molecule has 3 saturated carbocycles. The lowest BCUT2D eigenvalue weighted by Crippen LogP contribution is -2.66. The van der Waals surface area contributed by atoms with Gasteiger partial charge in [-0.25, -0.2) is 9.69 Å². The van der Waals surface area contributed by atoms with E-state index >= 15 is 4.79 Å². The third-order valence-corrected chi connectivity index (χ3v) is 13.7. The van der Waals surface area contributed by atoms with Crippen molar-refractivity contribution >= 4 is 23.9 Å². The summed E-state index contributed by atoms with van der Waals surface area (Å²) in [5.41, 5.74) is 0.0187. The summed E-state index contributed by atoms with van der Waals surface area (Å²) in [5, 5.41) is 13.8. The minimum absolute atomic E-state index is 0.00415. The van der Waals surface area contributed by atoms with E-state index in [1.54, 1.807) is 6.08 Å². The minimum Gasteiger partial charge on any atom is -0.459 e. The Balaban J connectivity index is 1.44. The van der Waals surface area contributed by atoms with Crippen molar-refractivity contribution in [3.05, 3.63) is 23.9 Å². The first-order valence-corrected chi connectivity index (χ1v) is 20.1. The molecule has 7 rings (SSSR count). The molecule has 3 amide bonds. The number of cyclic esters (lactones) is 1. The van der Waals surface area contributed by atoms with E-state index in [4.69, 9.17) is 14.2 Å². The summed E-state index contributed by atoms with van der Waals surface area (Å²) < 4.78 is 17.5. The number of carbonyl (C=O) groups excluding carboxylic acids is 4. The number of morpholine rings is 1. The molecule has 3 heterocycles. The van der Waals surface area contributed by atoms with Crippen LogP contribution in [0.3, 0.4) is 0 Å². The highest BCUT2D eigenvalue weighted by Gasteiger charge is 2.77. The van der Waals surface area contributed by atoms with Crippen LogP contribution < -0.4 is 5.32 Å². The summed E-state index contributed by atoms with van der Waals surface area (Å²) in [6.07, 6.45) is 16.2. The Morgan fingerprint density at radius 1 is 0.902 bits per heavy atom. The third kappa shape index (κ3) is 6.37. The lowest BCUT2D eigenvalue weighted by molar-refractivity contribution is -0.190. The standard InChI is InChI=1S/C40H59N3O8/c1-3-22-41-36(45)31-33-37(46)51-34(26-14-8-5-9-15-26)32(25-12-6-4-7-13-25)43(33)35(27-18-20-28(44)21-19-27)40(31)29-16-10-11-17-30(29)42(38(40)47)39(48)50-24-23-49-2/h3,25-28,31-35,44H,1,4-24H2,2H3,(H,41,45)/t27?,28?,31-,32-,33-,34+,35+,40-/m1/s1. The third-order valence-electron chi connectivity index (χ3n) is 13.7. The zero-order chi connectivity index (χ0) is 35.7. The number of aliphatic hydroxyl groups excluding tert-OH is 1. The fourth-order valence-electron chi connectivity index (χ4n) is 11.7. The molecule has 0 radical (unpaired) electrons. The van der Waals surface area contributed by atoms with Gasteiger partial charge in [-0.2, -0.15) is 0 Å². The summed E-state index contributed by atoms with van der Waals surface area (Å²) in [6, 6.07) is -1.61. The first kappa shape index (κ1) is 36.6. The fourth-order valence-corrected chi connectivity index (χ4v) is 11.7. The van der Waals surface area contributed by atoms with Gasteiger partial charge in [-0.3, -0.25) is 19.3 Å². The Bertz CT molecular complexity index is 1360. The Kier molecular flexibility index (Phi) is 11.3. The van der Waals surface area contributed by atoms with Gasteiger partial charge in [0, 0.05) is 25.4 Å². The van der Waals surface area contributed by atoms with Crippen LogP contribution in [0.2, 0.25) is 0 Å². The molecule has 6 atom stereocenters. The van der Waals surface area contributed by atoms with Crippen molar-refractivity contribution in [3.63, 3.8) is 0 Å². The molecule has 4 aliphatic carbocycles. The lowest BCUT2D eigenvalue weighted by atomic mass is 9.60. The van der Waals surface area contributed by atoms with Crippen LogP contribution in [-0.4, -0.2) is 96.0 Å². The Morgan fingerprint density at radius 2 is 1.57 bits per heavy atom. The first-order chi connectivity index (χ1) is 24.8. The number of methoxy groups -OCH3 is 1. The number of imide groups is 1. The van der Waals surface area contributed by atoms with E-state index in [0.29, 0.717) is 44.2 Å². The Labute approximate surface area is 302 Å². The van der Waals surface area contributed by atoms with Gasteiger partial charge in [0.2, 0.25) is 11.8 Å². The second-order valence-corrected chi connectivity index (χ2v) is 16.4. The highest BCUT2D eigenvalue weighted by atomic mass is 16.6. The van der Waals surface area contributed by atoms with Gasteiger partial charge in [0.25, 0.3) is 0 Å². The molecule has 3 aliphatic heterocycles. The highest BCUT2D eigenvalue weighted by Crippen LogP contribution is 2.64.